The SMILES string of the molecule is N#Cc1ccc2c(C(=O)c3ccc(Cl)cc3)c[nH]c2c1. The van der Waals surface area contributed by atoms with Gasteiger partial charge in [-0.2, -0.15) is 5.26 Å². The molecule has 0 spiro atoms. The molecule has 96 valence electrons. The van der Waals surface area contributed by atoms with E-state index in [1.807, 2.05) is 0 Å². The number of ketones is 1. The average Bonchev–Trinajstić information content (AvgIpc) is 2.90. The molecule has 3 nitrogen and oxygen atoms in total. The van der Waals surface area contributed by atoms with E-state index in [4.69, 9.17) is 16.9 Å². The first-order valence-electron chi connectivity index (χ1n) is 6.00. The predicted molar refractivity (Wildman–Crippen MR) is 77.9 cm³/mol. The van der Waals surface area contributed by atoms with Crippen LogP contribution in [0.1, 0.15) is 21.5 Å². The van der Waals surface area contributed by atoms with Crippen molar-refractivity contribution in [3.05, 3.63) is 70.4 Å². The Hall–Kier alpha value is -2.57. The van der Waals surface area contributed by atoms with Crippen molar-refractivity contribution in [1.29, 1.82) is 5.26 Å². The maximum Gasteiger partial charge on any atom is 0.195 e. The zero-order valence-electron chi connectivity index (χ0n) is 10.4. The molecule has 0 amide bonds. The Balaban J connectivity index is 2.08. The molecular formula is C16H9ClN2O. The monoisotopic (exact) mass is 280 g/mol. The molecule has 3 rings (SSSR count). The fraction of sp³-hybridized carbons (Fsp3) is 0. The molecule has 2 aromatic carbocycles. The highest BCUT2D eigenvalue weighted by Crippen LogP contribution is 2.22. The van der Waals surface area contributed by atoms with Gasteiger partial charge in [0.05, 0.1) is 11.6 Å². The minimum atomic E-state index is -0.0716. The summed E-state index contributed by atoms with van der Waals surface area (Å²) in [6, 6.07) is 14.1. The Morgan fingerprint density at radius 1 is 1.15 bits per heavy atom. The van der Waals surface area contributed by atoms with Crippen molar-refractivity contribution in [2.24, 2.45) is 0 Å². The molecule has 0 aliphatic heterocycles. The molecular weight excluding hydrogens is 272 g/mol. The molecule has 0 aliphatic rings. The van der Waals surface area contributed by atoms with Crippen LogP contribution in [-0.2, 0) is 0 Å². The third-order valence-electron chi connectivity index (χ3n) is 3.16. The van der Waals surface area contributed by atoms with Crippen molar-refractivity contribution < 1.29 is 4.79 Å². The number of nitrogens with zero attached hydrogens (tertiary/aromatic N) is 1. The summed E-state index contributed by atoms with van der Waals surface area (Å²) in [5, 5.41) is 10.3. The van der Waals surface area contributed by atoms with Crippen molar-refractivity contribution in [1.82, 2.24) is 4.98 Å². The Kier molecular flexibility index (Phi) is 3.02. The van der Waals surface area contributed by atoms with Gasteiger partial charge in [0.2, 0.25) is 0 Å². The average molecular weight is 281 g/mol. The normalized spacial score (nSPS) is 10.4. The summed E-state index contributed by atoms with van der Waals surface area (Å²) < 4.78 is 0. The van der Waals surface area contributed by atoms with Gasteiger partial charge < -0.3 is 4.98 Å². The maximum absolute atomic E-state index is 12.5. The summed E-state index contributed by atoms with van der Waals surface area (Å²) >= 11 is 5.82. The second-order valence-corrected chi connectivity index (χ2v) is 4.85. The lowest BCUT2D eigenvalue weighted by molar-refractivity contribution is 0.104. The predicted octanol–water partition coefficient (Wildman–Crippen LogP) is 3.92. The molecule has 0 aliphatic carbocycles. The van der Waals surface area contributed by atoms with Crippen LogP contribution in [-0.4, -0.2) is 10.8 Å². The van der Waals surface area contributed by atoms with Crippen LogP contribution in [0.5, 0.6) is 0 Å². The van der Waals surface area contributed by atoms with Gasteiger partial charge in [-0.3, -0.25) is 4.79 Å². The van der Waals surface area contributed by atoms with E-state index in [0.717, 1.165) is 10.9 Å². The molecule has 20 heavy (non-hydrogen) atoms. The van der Waals surface area contributed by atoms with E-state index in [0.29, 0.717) is 21.7 Å². The van der Waals surface area contributed by atoms with E-state index < -0.39 is 0 Å². The van der Waals surface area contributed by atoms with Crippen LogP contribution in [0, 0.1) is 11.3 Å². The topological polar surface area (TPSA) is 56.6 Å². The Labute approximate surface area is 120 Å². The number of hydrogen-bond acceptors (Lipinski definition) is 2. The summed E-state index contributed by atoms with van der Waals surface area (Å²) in [7, 11) is 0. The van der Waals surface area contributed by atoms with Gasteiger partial charge in [0.15, 0.2) is 5.78 Å². The van der Waals surface area contributed by atoms with E-state index >= 15 is 0 Å². The molecule has 0 saturated carbocycles. The van der Waals surface area contributed by atoms with E-state index in [-0.39, 0.29) is 5.78 Å². The summed E-state index contributed by atoms with van der Waals surface area (Å²) in [5.74, 6) is -0.0716. The fourth-order valence-electron chi connectivity index (χ4n) is 2.14. The molecule has 0 fully saturated rings. The van der Waals surface area contributed by atoms with Crippen LogP contribution in [0.15, 0.2) is 48.7 Å². The van der Waals surface area contributed by atoms with Gasteiger partial charge in [-0.05, 0) is 36.4 Å². The van der Waals surface area contributed by atoms with E-state index in [2.05, 4.69) is 11.1 Å². The summed E-state index contributed by atoms with van der Waals surface area (Å²) in [4.78, 5) is 15.5. The number of carbonyl (C=O) groups is 1. The Morgan fingerprint density at radius 3 is 2.60 bits per heavy atom. The second kappa shape index (κ2) is 4.84. The van der Waals surface area contributed by atoms with Gasteiger partial charge in [-0.25, -0.2) is 0 Å². The smallest absolute Gasteiger partial charge is 0.195 e. The molecule has 0 atom stereocenters. The van der Waals surface area contributed by atoms with Crippen LogP contribution in [0.2, 0.25) is 5.02 Å². The number of nitrogens with one attached hydrogen (secondary N) is 1. The number of carbonyl (C=O) groups excluding carboxylic acids is 1. The van der Waals surface area contributed by atoms with Gasteiger partial charge in [-0.1, -0.05) is 17.7 Å². The molecule has 0 radical (unpaired) electrons. The van der Waals surface area contributed by atoms with Crippen molar-refractivity contribution in [2.75, 3.05) is 0 Å². The number of nitriles is 1. The molecule has 0 saturated heterocycles. The van der Waals surface area contributed by atoms with E-state index in [1.165, 1.54) is 0 Å². The van der Waals surface area contributed by atoms with Crippen molar-refractivity contribution in [3.63, 3.8) is 0 Å². The maximum atomic E-state index is 12.5. The molecule has 0 bridgehead atoms. The number of benzene rings is 2. The molecule has 4 heteroatoms. The van der Waals surface area contributed by atoms with Crippen LogP contribution in [0.25, 0.3) is 10.9 Å². The number of H-pyrrole nitrogens is 1. The lowest BCUT2D eigenvalue weighted by atomic mass is 10.0. The van der Waals surface area contributed by atoms with Gasteiger partial charge >= 0.3 is 0 Å². The highest BCUT2D eigenvalue weighted by molar-refractivity contribution is 6.30. The summed E-state index contributed by atoms with van der Waals surface area (Å²) in [6.45, 7) is 0. The third-order valence-corrected chi connectivity index (χ3v) is 3.41. The number of aromatic amines is 1. The van der Waals surface area contributed by atoms with Gasteiger partial charge in [0, 0.05) is 33.2 Å². The summed E-state index contributed by atoms with van der Waals surface area (Å²) in [5.41, 5.74) is 2.51. The minimum Gasteiger partial charge on any atom is -0.360 e. The molecule has 1 N–H and O–H groups in total. The van der Waals surface area contributed by atoms with E-state index in [9.17, 15) is 4.79 Å². The third kappa shape index (κ3) is 2.07. The number of aromatic nitrogens is 1. The van der Waals surface area contributed by atoms with Gasteiger partial charge in [-0.15, -0.1) is 0 Å². The molecule has 3 aromatic rings. The minimum absolute atomic E-state index is 0.0716. The molecule has 0 unspecified atom stereocenters. The zero-order valence-corrected chi connectivity index (χ0v) is 11.1. The lowest BCUT2D eigenvalue weighted by Crippen LogP contribution is -1.99. The van der Waals surface area contributed by atoms with E-state index in [1.54, 1.807) is 48.7 Å². The second-order valence-electron chi connectivity index (χ2n) is 4.41. The lowest BCUT2D eigenvalue weighted by Gasteiger charge is -2.00. The number of halogens is 1. The van der Waals surface area contributed by atoms with Crippen LogP contribution in [0.3, 0.4) is 0 Å². The Bertz CT molecular complexity index is 841. The number of rotatable bonds is 2. The quantitative estimate of drug-likeness (QED) is 0.723. The van der Waals surface area contributed by atoms with Crippen molar-refractivity contribution >= 4 is 28.3 Å². The standard InChI is InChI=1S/C16H9ClN2O/c17-12-4-2-11(3-5-12)16(20)14-9-19-15-7-10(8-18)1-6-13(14)15/h1-7,9,19H. The largest absolute Gasteiger partial charge is 0.360 e. The highest BCUT2D eigenvalue weighted by atomic mass is 35.5. The summed E-state index contributed by atoms with van der Waals surface area (Å²) in [6.07, 6.45) is 1.67. The zero-order chi connectivity index (χ0) is 14.1. The van der Waals surface area contributed by atoms with Crippen molar-refractivity contribution in [3.8, 4) is 6.07 Å². The van der Waals surface area contributed by atoms with Gasteiger partial charge in [0.1, 0.15) is 0 Å². The van der Waals surface area contributed by atoms with Crippen LogP contribution < -0.4 is 0 Å². The molecule has 1 aromatic heterocycles. The van der Waals surface area contributed by atoms with Gasteiger partial charge in [0.25, 0.3) is 0 Å². The fourth-order valence-corrected chi connectivity index (χ4v) is 2.27. The Morgan fingerprint density at radius 2 is 1.90 bits per heavy atom. The van der Waals surface area contributed by atoms with Crippen LogP contribution >= 0.6 is 11.6 Å². The first-order valence-corrected chi connectivity index (χ1v) is 6.38. The first-order chi connectivity index (χ1) is 9.69. The highest BCUT2D eigenvalue weighted by Gasteiger charge is 2.14. The number of fused-ring (bicyclic) bond motifs is 1. The van der Waals surface area contributed by atoms with Crippen LogP contribution in [0.4, 0.5) is 0 Å². The number of hydrogen-bond donors (Lipinski definition) is 1. The first kappa shape index (κ1) is 12.5. The van der Waals surface area contributed by atoms with Crippen molar-refractivity contribution in [2.45, 2.75) is 0 Å². The molecule has 1 heterocycles.